The van der Waals surface area contributed by atoms with E-state index in [1.54, 1.807) is 0 Å². The second-order valence-corrected chi connectivity index (χ2v) is 5.20. The highest BCUT2D eigenvalue weighted by molar-refractivity contribution is 6.01. The smallest absolute Gasteiger partial charge is 0.268 e. The molecule has 4 nitrogen and oxygen atoms in total. The molecule has 0 saturated heterocycles. The second-order valence-electron chi connectivity index (χ2n) is 5.20. The first-order valence-electron chi connectivity index (χ1n) is 5.56. The highest BCUT2D eigenvalue weighted by atomic mass is 16.2. The monoisotopic (exact) mass is 231 g/mol. The van der Waals surface area contributed by atoms with Gasteiger partial charge >= 0.3 is 0 Å². The average Bonchev–Trinajstić information content (AvgIpc) is 2.60. The van der Waals surface area contributed by atoms with E-state index in [9.17, 15) is 4.79 Å². The maximum atomic E-state index is 12.0. The molecule has 4 heteroatoms. The average molecular weight is 231 g/mol. The number of nitrogens with two attached hydrogens (primary N) is 1. The molecule has 0 fully saturated rings. The molecule has 0 aliphatic rings. The van der Waals surface area contributed by atoms with Crippen LogP contribution >= 0.6 is 0 Å². The lowest BCUT2D eigenvalue weighted by molar-refractivity contribution is 0.0915. The SMILES string of the molecule is CC(C)(C)NC(=O)c1cc2cccc(N)c2[nH]1. The summed E-state index contributed by atoms with van der Waals surface area (Å²) >= 11 is 0. The maximum absolute atomic E-state index is 12.0. The van der Waals surface area contributed by atoms with Crippen molar-refractivity contribution in [3.8, 4) is 0 Å². The highest BCUT2D eigenvalue weighted by Gasteiger charge is 2.17. The van der Waals surface area contributed by atoms with Gasteiger partial charge in [0.05, 0.1) is 11.2 Å². The molecule has 0 bridgehead atoms. The van der Waals surface area contributed by atoms with Crippen molar-refractivity contribution in [2.24, 2.45) is 0 Å². The summed E-state index contributed by atoms with van der Waals surface area (Å²) in [5.74, 6) is -0.117. The minimum absolute atomic E-state index is 0.117. The van der Waals surface area contributed by atoms with Crippen LogP contribution < -0.4 is 11.1 Å². The number of carbonyl (C=O) groups is 1. The Morgan fingerprint density at radius 2 is 2.06 bits per heavy atom. The normalized spacial score (nSPS) is 11.7. The van der Waals surface area contributed by atoms with Gasteiger partial charge in [0.2, 0.25) is 0 Å². The van der Waals surface area contributed by atoms with Gasteiger partial charge in [0, 0.05) is 10.9 Å². The number of hydrogen-bond donors (Lipinski definition) is 3. The van der Waals surface area contributed by atoms with E-state index >= 15 is 0 Å². The third-order valence-corrected chi connectivity index (χ3v) is 2.42. The summed E-state index contributed by atoms with van der Waals surface area (Å²) in [7, 11) is 0. The van der Waals surface area contributed by atoms with Crippen LogP contribution in [0.5, 0.6) is 0 Å². The van der Waals surface area contributed by atoms with Crippen LogP contribution in [0, 0.1) is 0 Å². The van der Waals surface area contributed by atoms with E-state index in [4.69, 9.17) is 5.73 Å². The molecule has 0 aliphatic carbocycles. The van der Waals surface area contributed by atoms with E-state index < -0.39 is 0 Å². The molecule has 1 amide bonds. The van der Waals surface area contributed by atoms with Gasteiger partial charge in [-0.2, -0.15) is 0 Å². The summed E-state index contributed by atoms with van der Waals surface area (Å²) in [6.07, 6.45) is 0. The number of hydrogen-bond acceptors (Lipinski definition) is 2. The van der Waals surface area contributed by atoms with Crippen molar-refractivity contribution in [1.82, 2.24) is 10.3 Å². The molecule has 1 aromatic heterocycles. The zero-order valence-corrected chi connectivity index (χ0v) is 10.3. The second kappa shape index (κ2) is 3.80. The van der Waals surface area contributed by atoms with Crippen LogP contribution in [0.2, 0.25) is 0 Å². The van der Waals surface area contributed by atoms with Gasteiger partial charge in [0.1, 0.15) is 5.69 Å². The molecule has 2 aromatic rings. The number of fused-ring (bicyclic) bond motifs is 1. The van der Waals surface area contributed by atoms with Crippen molar-refractivity contribution in [1.29, 1.82) is 0 Å². The zero-order chi connectivity index (χ0) is 12.6. The van der Waals surface area contributed by atoms with Gasteiger partial charge in [0.25, 0.3) is 5.91 Å². The van der Waals surface area contributed by atoms with Gasteiger partial charge in [0.15, 0.2) is 0 Å². The van der Waals surface area contributed by atoms with Gasteiger partial charge in [-0.15, -0.1) is 0 Å². The van der Waals surface area contributed by atoms with Gasteiger partial charge in [-0.1, -0.05) is 12.1 Å². The number of nitrogen functional groups attached to an aromatic ring is 1. The predicted molar refractivity (Wildman–Crippen MR) is 69.9 cm³/mol. The number of benzene rings is 1. The Morgan fingerprint density at radius 1 is 1.35 bits per heavy atom. The summed E-state index contributed by atoms with van der Waals surface area (Å²) in [6.45, 7) is 5.84. The number of rotatable bonds is 1. The van der Waals surface area contributed by atoms with Gasteiger partial charge in [-0.25, -0.2) is 0 Å². The number of aromatic amines is 1. The van der Waals surface area contributed by atoms with Crippen molar-refractivity contribution in [3.05, 3.63) is 30.0 Å². The van der Waals surface area contributed by atoms with Crippen LogP contribution in [-0.4, -0.2) is 16.4 Å². The lowest BCUT2D eigenvalue weighted by atomic mass is 10.1. The number of para-hydroxylation sites is 1. The van der Waals surface area contributed by atoms with Crippen molar-refractivity contribution in [3.63, 3.8) is 0 Å². The predicted octanol–water partition coefficient (Wildman–Crippen LogP) is 2.28. The lowest BCUT2D eigenvalue weighted by Crippen LogP contribution is -2.40. The fourth-order valence-corrected chi connectivity index (χ4v) is 1.71. The molecule has 0 unspecified atom stereocenters. The Bertz CT molecular complexity index is 564. The number of anilines is 1. The Hall–Kier alpha value is -1.97. The molecule has 2 rings (SSSR count). The van der Waals surface area contributed by atoms with Crippen LogP contribution in [-0.2, 0) is 0 Å². The Kier molecular flexibility index (Phi) is 2.58. The van der Waals surface area contributed by atoms with Crippen LogP contribution in [0.1, 0.15) is 31.3 Å². The third kappa shape index (κ3) is 2.41. The Labute approximate surface area is 100 Å². The molecule has 0 spiro atoms. The number of amides is 1. The summed E-state index contributed by atoms with van der Waals surface area (Å²) in [5, 5.41) is 3.85. The molecule has 1 aromatic carbocycles. The van der Waals surface area contributed by atoms with Crippen LogP contribution in [0.25, 0.3) is 10.9 Å². The van der Waals surface area contributed by atoms with Gasteiger partial charge < -0.3 is 16.0 Å². The van der Waals surface area contributed by atoms with Crippen LogP contribution in [0.3, 0.4) is 0 Å². The highest BCUT2D eigenvalue weighted by Crippen LogP contribution is 2.21. The molecule has 17 heavy (non-hydrogen) atoms. The topological polar surface area (TPSA) is 70.9 Å². The third-order valence-electron chi connectivity index (χ3n) is 2.42. The maximum Gasteiger partial charge on any atom is 0.268 e. The van der Waals surface area contributed by atoms with Crippen molar-refractivity contribution >= 4 is 22.5 Å². The quantitative estimate of drug-likeness (QED) is 0.659. The van der Waals surface area contributed by atoms with E-state index in [1.165, 1.54) is 0 Å². The number of carbonyl (C=O) groups excluding carboxylic acids is 1. The first-order chi connectivity index (χ1) is 7.87. The number of H-pyrrole nitrogens is 1. The molecule has 0 saturated carbocycles. The molecule has 0 atom stereocenters. The number of aromatic nitrogens is 1. The minimum Gasteiger partial charge on any atom is -0.397 e. The first kappa shape index (κ1) is 11.5. The molecular formula is C13H17N3O. The molecule has 90 valence electrons. The van der Waals surface area contributed by atoms with E-state index in [-0.39, 0.29) is 11.4 Å². The number of nitrogens with one attached hydrogen (secondary N) is 2. The fraction of sp³-hybridized carbons (Fsp3) is 0.308. The van der Waals surface area contributed by atoms with E-state index in [1.807, 2.05) is 45.0 Å². The Balaban J connectivity index is 2.37. The van der Waals surface area contributed by atoms with Crippen molar-refractivity contribution in [2.45, 2.75) is 26.3 Å². The van der Waals surface area contributed by atoms with E-state index in [0.717, 1.165) is 10.9 Å². The molecule has 0 aliphatic heterocycles. The zero-order valence-electron chi connectivity index (χ0n) is 10.3. The van der Waals surface area contributed by atoms with Gasteiger partial charge in [-0.05, 0) is 32.9 Å². The summed E-state index contributed by atoms with van der Waals surface area (Å²) in [4.78, 5) is 15.0. The van der Waals surface area contributed by atoms with Crippen molar-refractivity contribution < 1.29 is 4.79 Å². The summed E-state index contributed by atoms with van der Waals surface area (Å²) < 4.78 is 0. The molecule has 1 heterocycles. The van der Waals surface area contributed by atoms with Crippen molar-refractivity contribution in [2.75, 3.05) is 5.73 Å². The molecular weight excluding hydrogens is 214 g/mol. The van der Waals surface area contributed by atoms with E-state index in [2.05, 4.69) is 10.3 Å². The minimum atomic E-state index is -0.250. The Morgan fingerprint density at radius 3 is 2.65 bits per heavy atom. The van der Waals surface area contributed by atoms with Gasteiger partial charge in [-0.3, -0.25) is 4.79 Å². The van der Waals surface area contributed by atoms with Crippen LogP contribution in [0.4, 0.5) is 5.69 Å². The summed E-state index contributed by atoms with van der Waals surface area (Å²) in [5.41, 5.74) is 7.58. The first-order valence-corrected chi connectivity index (χ1v) is 5.56. The molecule has 4 N–H and O–H groups in total. The van der Waals surface area contributed by atoms with Crippen LogP contribution in [0.15, 0.2) is 24.3 Å². The van der Waals surface area contributed by atoms with E-state index in [0.29, 0.717) is 11.4 Å². The fourth-order valence-electron chi connectivity index (χ4n) is 1.71. The lowest BCUT2D eigenvalue weighted by Gasteiger charge is -2.19. The largest absolute Gasteiger partial charge is 0.397 e. The molecule has 0 radical (unpaired) electrons. The standard InChI is InChI=1S/C13H17N3O/c1-13(2,3)16-12(17)10-7-8-5-4-6-9(14)11(8)15-10/h4-7,15H,14H2,1-3H3,(H,16,17). The summed E-state index contributed by atoms with van der Waals surface area (Å²) in [6, 6.07) is 7.42.